The Labute approximate surface area is 101 Å². The smallest absolute Gasteiger partial charge is 0.0641 e. The monoisotopic (exact) mass is 230 g/mol. The van der Waals surface area contributed by atoms with E-state index in [1.54, 1.807) is 0 Å². The molecule has 0 saturated heterocycles. The lowest BCUT2D eigenvalue weighted by Gasteiger charge is -2.38. The molecule has 0 bridgehead atoms. The number of hydrogen-bond acceptors (Lipinski definition) is 2. The summed E-state index contributed by atoms with van der Waals surface area (Å²) < 4.78 is 0. The van der Waals surface area contributed by atoms with Crippen LogP contribution in [0.2, 0.25) is 0 Å². The largest absolute Gasteiger partial charge is 0.396 e. The molecule has 0 spiro atoms. The average Bonchev–Trinajstić information content (AvgIpc) is 2.29. The Balaban J connectivity index is 4.32. The minimum Gasteiger partial charge on any atom is -0.396 e. The van der Waals surface area contributed by atoms with Gasteiger partial charge in [-0.3, -0.25) is 0 Å². The maximum atomic E-state index is 10.2. The van der Waals surface area contributed by atoms with E-state index in [-0.39, 0.29) is 24.0 Å². The van der Waals surface area contributed by atoms with Gasteiger partial charge in [0.1, 0.15) is 0 Å². The molecule has 0 fully saturated rings. The molecule has 0 saturated carbocycles. The van der Waals surface area contributed by atoms with Crippen LogP contribution in [0.4, 0.5) is 0 Å². The summed E-state index contributed by atoms with van der Waals surface area (Å²) >= 11 is 0. The lowest BCUT2D eigenvalue weighted by molar-refractivity contribution is -0.0529. The second-order valence-electron chi connectivity index (χ2n) is 5.37. The van der Waals surface area contributed by atoms with Crippen molar-refractivity contribution < 1.29 is 10.2 Å². The fourth-order valence-corrected chi connectivity index (χ4v) is 2.43. The third kappa shape index (κ3) is 4.42. The van der Waals surface area contributed by atoms with Crippen LogP contribution in [0.1, 0.15) is 66.2 Å². The van der Waals surface area contributed by atoms with E-state index in [9.17, 15) is 10.2 Å². The molecule has 0 aromatic heterocycles. The predicted molar refractivity (Wildman–Crippen MR) is 69.4 cm³/mol. The molecular formula is C14H30O2. The Morgan fingerprint density at radius 3 is 2.06 bits per heavy atom. The zero-order valence-corrected chi connectivity index (χ0v) is 11.5. The van der Waals surface area contributed by atoms with Crippen LogP contribution in [0.5, 0.6) is 0 Å². The molecule has 2 atom stereocenters. The summed E-state index contributed by atoms with van der Waals surface area (Å²) in [6.07, 6.45) is 6.22. The molecule has 0 aromatic carbocycles. The van der Waals surface area contributed by atoms with Gasteiger partial charge in [0, 0.05) is 5.41 Å². The number of unbranched alkanes of at least 4 members (excludes halogenated alkanes) is 3. The maximum Gasteiger partial charge on any atom is 0.0641 e. The number of rotatable bonds is 9. The highest BCUT2D eigenvalue weighted by molar-refractivity contribution is 4.86. The first kappa shape index (κ1) is 15.9. The van der Waals surface area contributed by atoms with Crippen molar-refractivity contribution in [2.45, 2.75) is 72.3 Å². The van der Waals surface area contributed by atoms with Crippen LogP contribution >= 0.6 is 0 Å². The molecule has 0 amide bonds. The molecular weight excluding hydrogens is 200 g/mol. The van der Waals surface area contributed by atoms with Gasteiger partial charge in [0.15, 0.2) is 0 Å². The van der Waals surface area contributed by atoms with Crippen molar-refractivity contribution in [2.24, 2.45) is 11.3 Å². The zero-order chi connectivity index (χ0) is 12.6. The van der Waals surface area contributed by atoms with Crippen molar-refractivity contribution >= 4 is 0 Å². The molecule has 16 heavy (non-hydrogen) atoms. The molecule has 0 aliphatic rings. The highest BCUT2D eigenvalue weighted by atomic mass is 16.3. The Hall–Kier alpha value is -0.0800. The van der Waals surface area contributed by atoms with Crippen LogP contribution < -0.4 is 0 Å². The summed E-state index contributed by atoms with van der Waals surface area (Å²) in [5.74, 6) is 0.221. The lowest BCUT2D eigenvalue weighted by atomic mass is 9.72. The van der Waals surface area contributed by atoms with E-state index in [0.717, 1.165) is 19.3 Å². The standard InChI is InChI=1S/C14H30O2/c1-5-7-8-9-10-14(6-2,11-15)13(16)12(3)4/h12-13,15-16H,5-11H2,1-4H3. The van der Waals surface area contributed by atoms with E-state index < -0.39 is 0 Å². The Morgan fingerprint density at radius 1 is 1.06 bits per heavy atom. The maximum absolute atomic E-state index is 10.2. The van der Waals surface area contributed by atoms with Crippen molar-refractivity contribution in [3.05, 3.63) is 0 Å². The summed E-state index contributed by atoms with van der Waals surface area (Å²) in [5, 5.41) is 19.8. The van der Waals surface area contributed by atoms with Gasteiger partial charge in [-0.2, -0.15) is 0 Å². The summed E-state index contributed by atoms with van der Waals surface area (Å²) in [7, 11) is 0. The number of hydrogen-bond donors (Lipinski definition) is 2. The quantitative estimate of drug-likeness (QED) is 0.596. The summed E-state index contributed by atoms with van der Waals surface area (Å²) in [6.45, 7) is 8.42. The Morgan fingerprint density at radius 2 is 1.69 bits per heavy atom. The lowest BCUT2D eigenvalue weighted by Crippen LogP contribution is -2.41. The molecule has 98 valence electrons. The number of aliphatic hydroxyl groups is 2. The third-order valence-corrected chi connectivity index (χ3v) is 3.81. The van der Waals surface area contributed by atoms with E-state index in [1.807, 2.05) is 13.8 Å². The van der Waals surface area contributed by atoms with Crippen molar-refractivity contribution in [1.82, 2.24) is 0 Å². The van der Waals surface area contributed by atoms with Crippen LogP contribution in [0, 0.1) is 11.3 Å². The van der Waals surface area contributed by atoms with Gasteiger partial charge in [0.2, 0.25) is 0 Å². The van der Waals surface area contributed by atoms with E-state index in [0.29, 0.717) is 0 Å². The summed E-state index contributed by atoms with van der Waals surface area (Å²) in [5.41, 5.74) is -0.276. The first-order chi connectivity index (χ1) is 7.54. The molecule has 0 heterocycles. The minimum atomic E-state index is -0.385. The highest BCUT2D eigenvalue weighted by Gasteiger charge is 2.36. The van der Waals surface area contributed by atoms with Crippen molar-refractivity contribution in [3.63, 3.8) is 0 Å². The second-order valence-corrected chi connectivity index (χ2v) is 5.37. The summed E-state index contributed by atoms with van der Waals surface area (Å²) in [6, 6.07) is 0. The van der Waals surface area contributed by atoms with Crippen LogP contribution in [0.15, 0.2) is 0 Å². The van der Waals surface area contributed by atoms with Crippen LogP contribution in [0.25, 0.3) is 0 Å². The first-order valence-corrected chi connectivity index (χ1v) is 6.83. The van der Waals surface area contributed by atoms with Gasteiger partial charge in [-0.05, 0) is 18.8 Å². The van der Waals surface area contributed by atoms with E-state index >= 15 is 0 Å². The Bertz CT molecular complexity index is 162. The highest BCUT2D eigenvalue weighted by Crippen LogP contribution is 2.35. The predicted octanol–water partition coefficient (Wildman–Crippen LogP) is 3.36. The fourth-order valence-electron chi connectivity index (χ4n) is 2.43. The van der Waals surface area contributed by atoms with Crippen LogP contribution in [0.3, 0.4) is 0 Å². The van der Waals surface area contributed by atoms with Crippen molar-refractivity contribution in [3.8, 4) is 0 Å². The van der Waals surface area contributed by atoms with E-state index in [4.69, 9.17) is 0 Å². The van der Waals surface area contributed by atoms with E-state index in [1.165, 1.54) is 19.3 Å². The summed E-state index contributed by atoms with van der Waals surface area (Å²) in [4.78, 5) is 0. The van der Waals surface area contributed by atoms with Crippen molar-refractivity contribution in [2.75, 3.05) is 6.61 Å². The van der Waals surface area contributed by atoms with Gasteiger partial charge in [-0.15, -0.1) is 0 Å². The van der Waals surface area contributed by atoms with Gasteiger partial charge < -0.3 is 10.2 Å². The van der Waals surface area contributed by atoms with Crippen LogP contribution in [-0.2, 0) is 0 Å². The Kier molecular flexibility index (Phi) is 8.04. The zero-order valence-electron chi connectivity index (χ0n) is 11.5. The SMILES string of the molecule is CCCCCCC(CC)(CO)C(O)C(C)C. The molecule has 2 nitrogen and oxygen atoms in total. The van der Waals surface area contributed by atoms with Gasteiger partial charge in [0.25, 0.3) is 0 Å². The van der Waals surface area contributed by atoms with Gasteiger partial charge in [0.05, 0.1) is 12.7 Å². The first-order valence-electron chi connectivity index (χ1n) is 6.83. The van der Waals surface area contributed by atoms with Crippen molar-refractivity contribution in [1.29, 1.82) is 0 Å². The molecule has 0 aliphatic carbocycles. The topological polar surface area (TPSA) is 40.5 Å². The molecule has 0 aliphatic heterocycles. The second kappa shape index (κ2) is 8.08. The average molecular weight is 230 g/mol. The molecule has 0 rings (SSSR count). The molecule has 2 N–H and O–H groups in total. The minimum absolute atomic E-state index is 0.106. The normalized spacial score (nSPS) is 17.4. The molecule has 0 aromatic rings. The van der Waals surface area contributed by atoms with Crippen LogP contribution in [-0.4, -0.2) is 22.9 Å². The number of aliphatic hydroxyl groups excluding tert-OH is 2. The van der Waals surface area contributed by atoms with Gasteiger partial charge in [-0.25, -0.2) is 0 Å². The fraction of sp³-hybridized carbons (Fsp3) is 1.00. The van der Waals surface area contributed by atoms with E-state index in [2.05, 4.69) is 13.8 Å². The molecule has 2 unspecified atom stereocenters. The third-order valence-electron chi connectivity index (χ3n) is 3.81. The van der Waals surface area contributed by atoms with Gasteiger partial charge in [-0.1, -0.05) is 53.4 Å². The molecule has 0 radical (unpaired) electrons. The molecule has 2 heteroatoms. The van der Waals surface area contributed by atoms with Gasteiger partial charge >= 0.3 is 0 Å².